The number of carbonyl (C=O) groups is 2. The minimum atomic E-state index is -0.483. The molecule has 2 fully saturated rings. The molecule has 2 aliphatic rings. The normalized spacial score (nSPS) is 15.9. The summed E-state index contributed by atoms with van der Waals surface area (Å²) in [6, 6.07) is 9.51. The van der Waals surface area contributed by atoms with E-state index in [4.69, 9.17) is 9.47 Å². The highest BCUT2D eigenvalue weighted by molar-refractivity contribution is 6.01. The number of amides is 2. The highest BCUT2D eigenvalue weighted by atomic mass is 16.6. The molecule has 10 nitrogen and oxygen atoms in total. The Morgan fingerprint density at radius 3 is 1.91 bits per heavy atom. The molecule has 2 aliphatic heterocycles. The molecule has 0 N–H and O–H groups in total. The van der Waals surface area contributed by atoms with Gasteiger partial charge in [0.15, 0.2) is 0 Å². The Labute approximate surface area is 197 Å². The second-order valence-electron chi connectivity index (χ2n) is 8.34. The fourth-order valence-electron chi connectivity index (χ4n) is 4.44. The van der Waals surface area contributed by atoms with E-state index in [1.807, 2.05) is 0 Å². The summed E-state index contributed by atoms with van der Waals surface area (Å²) in [4.78, 5) is 42.8. The van der Waals surface area contributed by atoms with Crippen molar-refractivity contribution in [1.29, 1.82) is 0 Å². The van der Waals surface area contributed by atoms with Crippen LogP contribution in [-0.2, 0) is 0 Å². The third-order valence-corrected chi connectivity index (χ3v) is 6.32. The zero-order valence-electron chi connectivity index (χ0n) is 19.4. The molecule has 2 amide bonds. The maximum Gasteiger partial charge on any atom is 0.270 e. The van der Waals surface area contributed by atoms with Gasteiger partial charge in [0.05, 0.1) is 30.4 Å². The van der Waals surface area contributed by atoms with Crippen LogP contribution < -0.4 is 14.4 Å². The molecule has 0 saturated carbocycles. The smallest absolute Gasteiger partial charge is 0.270 e. The van der Waals surface area contributed by atoms with Gasteiger partial charge in [-0.3, -0.25) is 19.7 Å². The van der Waals surface area contributed by atoms with E-state index in [2.05, 4.69) is 4.90 Å². The number of rotatable bonds is 6. The molecule has 2 heterocycles. The molecule has 4 rings (SSSR count). The monoisotopic (exact) mass is 468 g/mol. The molecule has 2 saturated heterocycles. The SMILES string of the molecule is COc1cc(OC)cc(C(=O)N2CCN(C(=O)c3cc([N+](=O)[O-])ccc3N3CCCC3)CC2)c1. The summed E-state index contributed by atoms with van der Waals surface area (Å²) in [7, 11) is 3.05. The lowest BCUT2D eigenvalue weighted by Gasteiger charge is -2.35. The number of nitrogens with zero attached hydrogens (tertiary/aromatic N) is 4. The number of nitro benzene ring substituents is 1. The molecule has 0 bridgehead atoms. The number of piperazine rings is 1. The Morgan fingerprint density at radius 1 is 0.824 bits per heavy atom. The van der Waals surface area contributed by atoms with Crippen LogP contribution in [-0.4, -0.2) is 80.0 Å². The lowest BCUT2D eigenvalue weighted by Crippen LogP contribution is -2.50. The van der Waals surface area contributed by atoms with E-state index in [9.17, 15) is 19.7 Å². The first-order chi connectivity index (χ1) is 16.4. The van der Waals surface area contributed by atoms with Gasteiger partial charge in [-0.15, -0.1) is 0 Å². The third-order valence-electron chi connectivity index (χ3n) is 6.32. The van der Waals surface area contributed by atoms with Gasteiger partial charge in [0.25, 0.3) is 17.5 Å². The van der Waals surface area contributed by atoms with E-state index in [1.165, 1.54) is 26.4 Å². The number of hydrogen-bond donors (Lipinski definition) is 0. The second kappa shape index (κ2) is 9.98. The number of benzene rings is 2. The highest BCUT2D eigenvalue weighted by Crippen LogP contribution is 2.30. The highest BCUT2D eigenvalue weighted by Gasteiger charge is 2.29. The topological polar surface area (TPSA) is 105 Å². The van der Waals surface area contributed by atoms with Gasteiger partial charge in [-0.05, 0) is 31.0 Å². The van der Waals surface area contributed by atoms with Crippen LogP contribution in [0.2, 0.25) is 0 Å². The number of methoxy groups -OCH3 is 2. The summed E-state index contributed by atoms with van der Waals surface area (Å²) in [5.41, 5.74) is 1.42. The summed E-state index contributed by atoms with van der Waals surface area (Å²) in [6.07, 6.45) is 2.06. The zero-order chi connectivity index (χ0) is 24.2. The van der Waals surface area contributed by atoms with Crippen molar-refractivity contribution in [3.63, 3.8) is 0 Å². The zero-order valence-corrected chi connectivity index (χ0v) is 19.4. The van der Waals surface area contributed by atoms with Crippen molar-refractivity contribution in [3.05, 3.63) is 57.6 Å². The number of nitro groups is 1. The molecule has 0 aliphatic carbocycles. The van der Waals surface area contributed by atoms with Crippen molar-refractivity contribution in [3.8, 4) is 11.5 Å². The fraction of sp³-hybridized carbons (Fsp3) is 0.417. The summed E-state index contributed by atoms with van der Waals surface area (Å²) in [5.74, 6) is 0.631. The van der Waals surface area contributed by atoms with Gasteiger partial charge in [0, 0.05) is 63.0 Å². The molecule has 0 radical (unpaired) electrons. The first-order valence-electron chi connectivity index (χ1n) is 11.3. The van der Waals surface area contributed by atoms with Crippen LogP contribution in [0.5, 0.6) is 11.5 Å². The Morgan fingerprint density at radius 2 is 1.38 bits per heavy atom. The predicted octanol–water partition coefficient (Wildman–Crippen LogP) is 2.81. The Kier molecular flexibility index (Phi) is 6.85. The van der Waals surface area contributed by atoms with E-state index in [0.717, 1.165) is 31.6 Å². The van der Waals surface area contributed by atoms with Gasteiger partial charge in [0.2, 0.25) is 0 Å². The minimum absolute atomic E-state index is 0.105. The fourth-order valence-corrected chi connectivity index (χ4v) is 4.44. The quantitative estimate of drug-likeness (QED) is 0.474. The first kappa shape index (κ1) is 23.3. The second-order valence-corrected chi connectivity index (χ2v) is 8.34. The largest absolute Gasteiger partial charge is 0.497 e. The molecule has 0 unspecified atom stereocenters. The maximum atomic E-state index is 13.4. The molecule has 34 heavy (non-hydrogen) atoms. The Balaban J connectivity index is 1.49. The lowest BCUT2D eigenvalue weighted by atomic mass is 10.1. The van der Waals surface area contributed by atoms with Crippen LogP contribution in [0.1, 0.15) is 33.6 Å². The van der Waals surface area contributed by atoms with Crippen molar-refractivity contribution in [1.82, 2.24) is 9.80 Å². The van der Waals surface area contributed by atoms with Gasteiger partial charge in [-0.25, -0.2) is 0 Å². The van der Waals surface area contributed by atoms with Crippen LogP contribution in [0.15, 0.2) is 36.4 Å². The maximum absolute atomic E-state index is 13.4. The van der Waals surface area contributed by atoms with Gasteiger partial charge in [0.1, 0.15) is 11.5 Å². The van der Waals surface area contributed by atoms with Gasteiger partial charge in [-0.2, -0.15) is 0 Å². The van der Waals surface area contributed by atoms with Crippen molar-refractivity contribution >= 4 is 23.2 Å². The number of anilines is 1. The van der Waals surface area contributed by atoms with Crippen molar-refractivity contribution < 1.29 is 24.0 Å². The van der Waals surface area contributed by atoms with Crippen molar-refractivity contribution in [2.24, 2.45) is 0 Å². The molecule has 10 heteroatoms. The van der Waals surface area contributed by atoms with Crippen molar-refractivity contribution in [2.45, 2.75) is 12.8 Å². The van der Waals surface area contributed by atoms with E-state index >= 15 is 0 Å². The van der Waals surface area contributed by atoms with E-state index < -0.39 is 4.92 Å². The number of hydrogen-bond acceptors (Lipinski definition) is 7. The van der Waals surface area contributed by atoms with Crippen LogP contribution in [0.3, 0.4) is 0 Å². The molecule has 180 valence electrons. The number of ether oxygens (including phenoxy) is 2. The molecule has 0 spiro atoms. The third kappa shape index (κ3) is 4.75. The van der Waals surface area contributed by atoms with Crippen LogP contribution in [0.4, 0.5) is 11.4 Å². The first-order valence-corrected chi connectivity index (χ1v) is 11.3. The van der Waals surface area contributed by atoms with E-state index in [1.54, 1.807) is 34.1 Å². The lowest BCUT2D eigenvalue weighted by molar-refractivity contribution is -0.384. The van der Waals surface area contributed by atoms with Gasteiger partial charge < -0.3 is 24.2 Å². The standard InChI is InChI=1S/C24H28N4O6/c1-33-19-13-17(14-20(16-19)34-2)23(29)26-9-11-27(12-10-26)24(30)21-15-18(28(31)32)5-6-22(21)25-7-3-4-8-25/h5-6,13-16H,3-4,7-12H2,1-2H3. The van der Waals surface area contributed by atoms with Gasteiger partial charge >= 0.3 is 0 Å². The molecular weight excluding hydrogens is 440 g/mol. The van der Waals surface area contributed by atoms with Gasteiger partial charge in [-0.1, -0.05) is 0 Å². The van der Waals surface area contributed by atoms with Crippen LogP contribution in [0, 0.1) is 10.1 Å². The summed E-state index contributed by atoms with van der Waals surface area (Å²) in [6.45, 7) is 3.05. The predicted molar refractivity (Wildman–Crippen MR) is 126 cm³/mol. The minimum Gasteiger partial charge on any atom is -0.497 e. The van der Waals surface area contributed by atoms with E-state index in [0.29, 0.717) is 48.8 Å². The average molecular weight is 469 g/mol. The molecule has 0 aromatic heterocycles. The molecule has 2 aromatic carbocycles. The Hall–Kier alpha value is -3.82. The van der Waals surface area contributed by atoms with Crippen LogP contribution >= 0.6 is 0 Å². The van der Waals surface area contributed by atoms with Crippen molar-refractivity contribution in [2.75, 3.05) is 58.4 Å². The number of carbonyl (C=O) groups excluding carboxylic acids is 2. The van der Waals surface area contributed by atoms with Crippen LogP contribution in [0.25, 0.3) is 0 Å². The number of non-ortho nitro benzene ring substituents is 1. The van der Waals surface area contributed by atoms with E-state index in [-0.39, 0.29) is 17.5 Å². The molecular formula is C24H28N4O6. The summed E-state index contributed by atoms with van der Waals surface area (Å²) < 4.78 is 10.5. The molecule has 2 aromatic rings. The molecule has 0 atom stereocenters. The Bertz CT molecular complexity index is 1070. The summed E-state index contributed by atoms with van der Waals surface area (Å²) in [5, 5.41) is 11.3. The average Bonchev–Trinajstić information content (AvgIpc) is 3.42. The summed E-state index contributed by atoms with van der Waals surface area (Å²) >= 11 is 0.